The number of likely N-dealkylation sites (N-methyl/N-ethyl adjacent to an activating group) is 1. The second kappa shape index (κ2) is 10.9. The van der Waals surface area contributed by atoms with Crippen molar-refractivity contribution in [2.45, 2.75) is 19.2 Å². The molecule has 38 heavy (non-hydrogen) atoms. The number of nitriles is 1. The van der Waals surface area contributed by atoms with Gasteiger partial charge in [0.25, 0.3) is 5.91 Å². The summed E-state index contributed by atoms with van der Waals surface area (Å²) in [6, 6.07) is 13.7. The van der Waals surface area contributed by atoms with Crippen LogP contribution in [0.2, 0.25) is 0 Å². The van der Waals surface area contributed by atoms with Crippen LogP contribution in [-0.2, 0) is 13.2 Å². The third-order valence-electron chi connectivity index (χ3n) is 6.69. The van der Waals surface area contributed by atoms with Gasteiger partial charge in [0.2, 0.25) is 0 Å². The maximum atomic E-state index is 14.1. The van der Waals surface area contributed by atoms with Crippen molar-refractivity contribution < 1.29 is 14.3 Å². The molecule has 1 atom stereocenters. The van der Waals surface area contributed by atoms with Gasteiger partial charge in [-0.15, -0.1) is 0 Å². The predicted octanol–water partition coefficient (Wildman–Crippen LogP) is 2.18. The van der Waals surface area contributed by atoms with E-state index in [4.69, 9.17) is 10.4 Å². The average Bonchev–Trinajstić information content (AvgIpc) is 3.40. The first kappa shape index (κ1) is 25.3. The van der Waals surface area contributed by atoms with Crippen LogP contribution in [0.3, 0.4) is 0 Å². The summed E-state index contributed by atoms with van der Waals surface area (Å²) in [5.41, 5.74) is 3.83. The number of aromatic nitrogens is 4. The van der Waals surface area contributed by atoms with Crippen LogP contribution in [0.4, 0.5) is 10.2 Å². The first-order valence-electron chi connectivity index (χ1n) is 12.2. The molecule has 0 spiro atoms. The Kier molecular flexibility index (Phi) is 7.26. The number of amides is 1. The minimum absolute atomic E-state index is 0.178. The maximum Gasteiger partial charge on any atom is 0.270 e. The third-order valence-corrected chi connectivity index (χ3v) is 6.69. The van der Waals surface area contributed by atoms with Crippen LogP contribution < -0.4 is 10.2 Å². The van der Waals surface area contributed by atoms with Crippen molar-refractivity contribution >= 4 is 17.4 Å². The van der Waals surface area contributed by atoms with Crippen molar-refractivity contribution in [3.63, 3.8) is 0 Å². The Bertz CT molecular complexity index is 1500. The second-order valence-electron chi connectivity index (χ2n) is 9.25. The molecule has 1 saturated heterocycles. The Morgan fingerprint density at radius 1 is 1.24 bits per heavy atom. The first-order valence-corrected chi connectivity index (χ1v) is 12.2. The zero-order valence-corrected chi connectivity index (χ0v) is 20.9. The smallest absolute Gasteiger partial charge is 0.270 e. The van der Waals surface area contributed by atoms with Gasteiger partial charge in [-0.1, -0.05) is 12.1 Å². The topological polar surface area (TPSA) is 123 Å². The SMILES string of the molecule is CN1CCN(c2cc(C(=O)NCc3ccc(C#N)cc3)nc3cc(-c4cnccc4CO)nn23)[C@H](CF)C1. The molecule has 1 aromatic carbocycles. The zero-order chi connectivity index (χ0) is 26.6. The number of benzene rings is 1. The van der Waals surface area contributed by atoms with E-state index >= 15 is 0 Å². The van der Waals surface area contributed by atoms with Crippen LogP contribution in [0.15, 0.2) is 54.9 Å². The third kappa shape index (κ3) is 5.04. The van der Waals surface area contributed by atoms with Crippen molar-refractivity contribution in [2.75, 3.05) is 38.3 Å². The van der Waals surface area contributed by atoms with Gasteiger partial charge >= 0.3 is 0 Å². The summed E-state index contributed by atoms with van der Waals surface area (Å²) in [6.07, 6.45) is 3.22. The number of aliphatic hydroxyl groups is 1. The monoisotopic (exact) mass is 514 g/mol. The summed E-state index contributed by atoms with van der Waals surface area (Å²) >= 11 is 0. The van der Waals surface area contributed by atoms with Crippen LogP contribution >= 0.6 is 0 Å². The van der Waals surface area contributed by atoms with Gasteiger partial charge in [0.1, 0.15) is 18.2 Å². The van der Waals surface area contributed by atoms with Crippen molar-refractivity contribution in [1.82, 2.24) is 29.8 Å². The molecule has 0 unspecified atom stereocenters. The Morgan fingerprint density at radius 3 is 2.79 bits per heavy atom. The number of alkyl halides is 1. The molecular weight excluding hydrogens is 487 g/mol. The number of fused-ring (bicyclic) bond motifs is 1. The highest BCUT2D eigenvalue weighted by atomic mass is 19.1. The normalized spacial score (nSPS) is 15.9. The van der Waals surface area contributed by atoms with E-state index in [9.17, 15) is 14.3 Å². The number of rotatable bonds is 7. The van der Waals surface area contributed by atoms with Gasteiger partial charge < -0.3 is 20.2 Å². The van der Waals surface area contributed by atoms with Gasteiger partial charge in [0.15, 0.2) is 5.65 Å². The molecule has 5 rings (SSSR count). The second-order valence-corrected chi connectivity index (χ2v) is 9.25. The molecule has 0 radical (unpaired) electrons. The summed E-state index contributed by atoms with van der Waals surface area (Å²) in [4.78, 5) is 25.9. The quantitative estimate of drug-likeness (QED) is 0.385. The molecule has 4 aromatic rings. The van der Waals surface area contributed by atoms with Gasteiger partial charge in [-0.05, 0) is 36.4 Å². The van der Waals surface area contributed by atoms with Crippen LogP contribution in [0.5, 0.6) is 0 Å². The fourth-order valence-corrected chi connectivity index (χ4v) is 4.62. The maximum absolute atomic E-state index is 14.1. The van der Waals surface area contributed by atoms with Crippen molar-refractivity contribution in [3.8, 4) is 17.3 Å². The Labute approximate surface area is 219 Å². The number of pyridine rings is 1. The van der Waals surface area contributed by atoms with Gasteiger partial charge in [0, 0.05) is 56.3 Å². The molecule has 1 fully saturated rings. The van der Waals surface area contributed by atoms with Crippen LogP contribution in [0.1, 0.15) is 27.2 Å². The molecule has 10 nitrogen and oxygen atoms in total. The van der Waals surface area contributed by atoms with Crippen LogP contribution in [0.25, 0.3) is 16.9 Å². The molecule has 1 amide bonds. The number of hydrogen-bond donors (Lipinski definition) is 2. The summed E-state index contributed by atoms with van der Waals surface area (Å²) < 4.78 is 15.7. The fraction of sp³-hybridized carbons (Fsp3) is 0.296. The van der Waals surface area contributed by atoms with E-state index in [1.54, 1.807) is 59.4 Å². The highest BCUT2D eigenvalue weighted by Gasteiger charge is 2.29. The van der Waals surface area contributed by atoms with E-state index in [-0.39, 0.29) is 24.8 Å². The van der Waals surface area contributed by atoms with Gasteiger partial charge in [0.05, 0.1) is 30.0 Å². The Balaban J connectivity index is 1.54. The van der Waals surface area contributed by atoms with Crippen LogP contribution in [0, 0.1) is 11.3 Å². The Hall–Kier alpha value is -4.40. The zero-order valence-electron chi connectivity index (χ0n) is 20.9. The molecule has 11 heteroatoms. The number of halogens is 1. The first-order chi connectivity index (χ1) is 18.5. The minimum Gasteiger partial charge on any atom is -0.392 e. The van der Waals surface area contributed by atoms with E-state index < -0.39 is 12.7 Å². The summed E-state index contributed by atoms with van der Waals surface area (Å²) in [5, 5.41) is 26.4. The minimum atomic E-state index is -0.556. The molecule has 1 aliphatic rings. The fourth-order valence-electron chi connectivity index (χ4n) is 4.62. The predicted molar refractivity (Wildman–Crippen MR) is 139 cm³/mol. The number of carbonyl (C=O) groups excluding carboxylic acids is 1. The van der Waals surface area contributed by atoms with Crippen molar-refractivity contribution in [2.24, 2.45) is 0 Å². The molecule has 1 aliphatic heterocycles. The largest absolute Gasteiger partial charge is 0.392 e. The summed E-state index contributed by atoms with van der Waals surface area (Å²) in [6.45, 7) is 1.34. The molecule has 2 N–H and O–H groups in total. The highest BCUT2D eigenvalue weighted by molar-refractivity contribution is 5.93. The number of piperazine rings is 1. The van der Waals surface area contributed by atoms with Gasteiger partial charge in [-0.25, -0.2) is 9.37 Å². The average molecular weight is 515 g/mol. The number of nitrogens with one attached hydrogen (secondary N) is 1. The van der Waals surface area contributed by atoms with E-state index in [1.807, 2.05) is 11.9 Å². The lowest BCUT2D eigenvalue weighted by atomic mass is 10.1. The lowest BCUT2D eigenvalue weighted by Gasteiger charge is -2.40. The van der Waals surface area contributed by atoms with Crippen molar-refractivity contribution in [3.05, 3.63) is 77.2 Å². The van der Waals surface area contributed by atoms with E-state index in [0.29, 0.717) is 46.9 Å². The number of hydrogen-bond acceptors (Lipinski definition) is 8. The lowest BCUT2D eigenvalue weighted by molar-refractivity contribution is 0.0946. The van der Waals surface area contributed by atoms with E-state index in [0.717, 1.165) is 12.1 Å². The van der Waals surface area contributed by atoms with Crippen molar-refractivity contribution in [1.29, 1.82) is 5.26 Å². The van der Waals surface area contributed by atoms with Gasteiger partial charge in [-0.2, -0.15) is 14.9 Å². The number of nitrogens with zero attached hydrogens (tertiary/aromatic N) is 7. The van der Waals surface area contributed by atoms with E-state index in [2.05, 4.69) is 26.3 Å². The number of carbonyl (C=O) groups is 1. The number of anilines is 1. The molecule has 3 aromatic heterocycles. The van der Waals surface area contributed by atoms with E-state index in [1.165, 1.54) is 0 Å². The van der Waals surface area contributed by atoms with Crippen LogP contribution in [-0.4, -0.2) is 74.9 Å². The summed E-state index contributed by atoms with van der Waals surface area (Å²) in [7, 11) is 1.95. The molecule has 194 valence electrons. The molecule has 4 heterocycles. The lowest BCUT2D eigenvalue weighted by Crippen LogP contribution is -2.53. The molecule has 0 saturated carbocycles. The standard InChI is InChI=1S/C27H27FN8O2/c1-34-8-9-35(21(12-28)16-34)26-11-24(27(38)31-14-19-4-2-18(13-29)3-5-19)32-25-10-23(33-36(25)26)22-15-30-7-6-20(22)17-37/h2-7,10-11,15,21,37H,8-9,12,14,16-17H2,1H3,(H,31,38)/t21-/m1/s1. The molecular formula is C27H27FN8O2. The number of aliphatic hydroxyl groups excluding tert-OH is 1. The van der Waals surface area contributed by atoms with Gasteiger partial charge in [-0.3, -0.25) is 9.78 Å². The Morgan fingerprint density at radius 2 is 2.05 bits per heavy atom. The molecule has 0 bridgehead atoms. The summed E-state index contributed by atoms with van der Waals surface area (Å²) in [5.74, 6) is 0.180. The molecule has 0 aliphatic carbocycles. The highest BCUT2D eigenvalue weighted by Crippen LogP contribution is 2.28.